The monoisotopic (exact) mass is 288 g/mol. The number of hydrogen-bond acceptors (Lipinski definition) is 4. The zero-order valence-corrected chi connectivity index (χ0v) is 12.5. The van der Waals surface area contributed by atoms with Crippen molar-refractivity contribution < 1.29 is 4.74 Å². The molecule has 106 valence electrons. The zero-order valence-electron chi connectivity index (χ0n) is 11.7. The number of nitrogens with two attached hydrogens (primary N) is 1. The Balaban J connectivity index is 1.68. The molecule has 3 rings (SSSR count). The Morgan fingerprint density at radius 2 is 2.20 bits per heavy atom. The van der Waals surface area contributed by atoms with Crippen LogP contribution in [0.15, 0.2) is 35.7 Å². The van der Waals surface area contributed by atoms with Gasteiger partial charge in [-0.1, -0.05) is 30.3 Å². The summed E-state index contributed by atoms with van der Waals surface area (Å²) >= 11 is 1.70. The van der Waals surface area contributed by atoms with E-state index in [-0.39, 0.29) is 12.1 Å². The molecule has 0 bridgehead atoms. The molecule has 0 radical (unpaired) electrons. The van der Waals surface area contributed by atoms with Gasteiger partial charge in [-0.15, -0.1) is 11.3 Å². The van der Waals surface area contributed by atoms with E-state index in [0.29, 0.717) is 5.92 Å². The van der Waals surface area contributed by atoms with E-state index in [9.17, 15) is 0 Å². The third-order valence-electron chi connectivity index (χ3n) is 4.02. The number of aromatic nitrogens is 1. The molecule has 3 atom stereocenters. The highest BCUT2D eigenvalue weighted by molar-refractivity contribution is 7.09. The van der Waals surface area contributed by atoms with E-state index in [1.165, 1.54) is 5.56 Å². The lowest BCUT2D eigenvalue weighted by Crippen LogP contribution is -2.36. The molecule has 1 aromatic heterocycles. The van der Waals surface area contributed by atoms with Crippen LogP contribution in [0.4, 0.5) is 0 Å². The quantitative estimate of drug-likeness (QED) is 0.940. The maximum absolute atomic E-state index is 6.34. The van der Waals surface area contributed by atoms with Crippen LogP contribution in [0.25, 0.3) is 11.3 Å². The van der Waals surface area contributed by atoms with Crippen LogP contribution in [-0.2, 0) is 11.2 Å². The van der Waals surface area contributed by atoms with Crippen molar-refractivity contribution in [1.82, 2.24) is 4.98 Å². The second kappa shape index (κ2) is 6.04. The molecule has 1 aliphatic heterocycles. The van der Waals surface area contributed by atoms with Gasteiger partial charge in [0.25, 0.3) is 0 Å². The average molecular weight is 288 g/mol. The number of thiazole rings is 1. The van der Waals surface area contributed by atoms with Gasteiger partial charge in [-0.25, -0.2) is 4.98 Å². The number of rotatable bonds is 4. The Morgan fingerprint density at radius 1 is 1.40 bits per heavy atom. The molecular formula is C16H20N2OS. The summed E-state index contributed by atoms with van der Waals surface area (Å²) in [5, 5.41) is 3.24. The molecular weight excluding hydrogens is 268 g/mol. The Kier molecular flexibility index (Phi) is 4.15. The highest BCUT2D eigenvalue weighted by Crippen LogP contribution is 2.27. The number of hydrogen-bond donors (Lipinski definition) is 1. The van der Waals surface area contributed by atoms with E-state index in [1.807, 2.05) is 18.2 Å². The van der Waals surface area contributed by atoms with Crippen molar-refractivity contribution >= 4 is 11.3 Å². The smallest absolute Gasteiger partial charge is 0.0948 e. The molecule has 2 heterocycles. The summed E-state index contributed by atoms with van der Waals surface area (Å²) in [6.45, 7) is 2.96. The highest BCUT2D eigenvalue weighted by Gasteiger charge is 2.30. The second-order valence-corrected chi connectivity index (χ2v) is 6.33. The molecule has 3 unspecified atom stereocenters. The standard InChI is InChI=1S/C16H20N2OS/c1-11-13(7-8-19-11)14(17)9-16-18-15(10-20-16)12-5-3-2-4-6-12/h2-6,10-11,13-14H,7-9,17H2,1H3. The van der Waals surface area contributed by atoms with Crippen LogP contribution in [0.5, 0.6) is 0 Å². The third kappa shape index (κ3) is 2.92. The summed E-state index contributed by atoms with van der Waals surface area (Å²) in [6.07, 6.45) is 2.19. The SMILES string of the molecule is CC1OCCC1C(N)Cc1nc(-c2ccccc2)cs1. The normalized spacial score (nSPS) is 23.9. The van der Waals surface area contributed by atoms with Crippen LogP contribution in [0, 0.1) is 5.92 Å². The fraction of sp³-hybridized carbons (Fsp3) is 0.438. The minimum Gasteiger partial charge on any atom is -0.378 e. The van der Waals surface area contributed by atoms with Crippen molar-refractivity contribution in [3.05, 3.63) is 40.7 Å². The lowest BCUT2D eigenvalue weighted by Gasteiger charge is -2.20. The molecule has 0 amide bonds. The number of nitrogens with zero attached hydrogens (tertiary/aromatic N) is 1. The molecule has 2 aromatic rings. The number of ether oxygens (including phenoxy) is 1. The molecule has 20 heavy (non-hydrogen) atoms. The lowest BCUT2D eigenvalue weighted by atomic mass is 9.92. The van der Waals surface area contributed by atoms with Gasteiger partial charge in [-0.05, 0) is 13.3 Å². The highest BCUT2D eigenvalue weighted by atomic mass is 32.1. The molecule has 2 N–H and O–H groups in total. The molecule has 0 aliphatic carbocycles. The third-order valence-corrected chi connectivity index (χ3v) is 4.89. The van der Waals surface area contributed by atoms with E-state index < -0.39 is 0 Å². The summed E-state index contributed by atoms with van der Waals surface area (Å²) in [6, 6.07) is 10.4. The first-order valence-corrected chi connectivity index (χ1v) is 7.99. The molecule has 3 nitrogen and oxygen atoms in total. The van der Waals surface area contributed by atoms with E-state index in [0.717, 1.165) is 30.2 Å². The predicted molar refractivity (Wildman–Crippen MR) is 82.8 cm³/mol. The molecule has 1 fully saturated rings. The summed E-state index contributed by atoms with van der Waals surface area (Å²) in [5.74, 6) is 0.457. The minimum atomic E-state index is 0.141. The Labute approximate surface area is 123 Å². The van der Waals surface area contributed by atoms with Crippen molar-refractivity contribution in [2.45, 2.75) is 31.9 Å². The van der Waals surface area contributed by atoms with E-state index >= 15 is 0 Å². The maximum Gasteiger partial charge on any atom is 0.0948 e. The van der Waals surface area contributed by atoms with Crippen molar-refractivity contribution in [2.75, 3.05) is 6.61 Å². The molecule has 0 saturated carbocycles. The largest absolute Gasteiger partial charge is 0.378 e. The summed E-state index contributed by atoms with van der Waals surface area (Å²) < 4.78 is 5.60. The van der Waals surface area contributed by atoms with Gasteiger partial charge >= 0.3 is 0 Å². The Hall–Kier alpha value is -1.23. The zero-order chi connectivity index (χ0) is 13.9. The van der Waals surface area contributed by atoms with Gasteiger partial charge in [0.1, 0.15) is 0 Å². The summed E-state index contributed by atoms with van der Waals surface area (Å²) in [7, 11) is 0. The van der Waals surface area contributed by atoms with Crippen LogP contribution >= 0.6 is 11.3 Å². The first kappa shape index (κ1) is 13.7. The van der Waals surface area contributed by atoms with Gasteiger partial charge in [0.15, 0.2) is 0 Å². The average Bonchev–Trinajstić information content (AvgIpc) is 3.09. The topological polar surface area (TPSA) is 48.1 Å². The fourth-order valence-electron chi connectivity index (χ4n) is 2.81. The van der Waals surface area contributed by atoms with Crippen LogP contribution in [0.1, 0.15) is 18.4 Å². The van der Waals surface area contributed by atoms with E-state index in [4.69, 9.17) is 15.5 Å². The molecule has 1 aromatic carbocycles. The van der Waals surface area contributed by atoms with Crippen molar-refractivity contribution in [2.24, 2.45) is 11.7 Å². The fourth-order valence-corrected chi connectivity index (χ4v) is 3.69. The van der Waals surface area contributed by atoms with Gasteiger partial charge in [-0.2, -0.15) is 0 Å². The van der Waals surface area contributed by atoms with Gasteiger partial charge in [0, 0.05) is 35.9 Å². The first-order valence-electron chi connectivity index (χ1n) is 7.11. The van der Waals surface area contributed by atoms with Crippen LogP contribution in [-0.4, -0.2) is 23.7 Å². The van der Waals surface area contributed by atoms with Gasteiger partial charge < -0.3 is 10.5 Å². The van der Waals surface area contributed by atoms with Gasteiger partial charge in [-0.3, -0.25) is 0 Å². The van der Waals surface area contributed by atoms with Gasteiger partial charge in [0.2, 0.25) is 0 Å². The lowest BCUT2D eigenvalue weighted by molar-refractivity contribution is 0.0995. The molecule has 1 saturated heterocycles. The van der Waals surface area contributed by atoms with Crippen LogP contribution in [0.3, 0.4) is 0 Å². The van der Waals surface area contributed by atoms with Gasteiger partial charge in [0.05, 0.1) is 16.8 Å². The van der Waals surface area contributed by atoms with Crippen LogP contribution < -0.4 is 5.73 Å². The molecule has 4 heteroatoms. The van der Waals surface area contributed by atoms with Crippen molar-refractivity contribution in [3.63, 3.8) is 0 Å². The first-order chi connectivity index (χ1) is 9.74. The van der Waals surface area contributed by atoms with Crippen molar-refractivity contribution in [3.8, 4) is 11.3 Å². The predicted octanol–water partition coefficient (Wildman–Crippen LogP) is 3.10. The van der Waals surface area contributed by atoms with E-state index in [1.54, 1.807) is 11.3 Å². The number of benzene rings is 1. The summed E-state index contributed by atoms with van der Waals surface area (Å²) in [5.41, 5.74) is 8.55. The molecule has 1 aliphatic rings. The second-order valence-electron chi connectivity index (χ2n) is 5.39. The molecule has 0 spiro atoms. The van der Waals surface area contributed by atoms with Crippen molar-refractivity contribution in [1.29, 1.82) is 0 Å². The summed E-state index contributed by atoms with van der Waals surface area (Å²) in [4.78, 5) is 4.71. The Bertz CT molecular complexity index is 555. The minimum absolute atomic E-state index is 0.141. The van der Waals surface area contributed by atoms with Crippen LogP contribution in [0.2, 0.25) is 0 Å². The van der Waals surface area contributed by atoms with E-state index in [2.05, 4.69) is 24.4 Å². The maximum atomic E-state index is 6.34. The Morgan fingerprint density at radius 3 is 2.90 bits per heavy atom.